The van der Waals surface area contributed by atoms with Gasteiger partial charge in [0.05, 0.1) is 48.0 Å². The lowest BCUT2D eigenvalue weighted by molar-refractivity contribution is -0.403. The van der Waals surface area contributed by atoms with E-state index in [4.69, 9.17) is 72.5 Å². The van der Waals surface area contributed by atoms with Crippen LogP contribution in [0.2, 0.25) is 0 Å². The van der Waals surface area contributed by atoms with Crippen molar-refractivity contribution in [3.05, 3.63) is 77.2 Å². The summed E-state index contributed by atoms with van der Waals surface area (Å²) in [5, 5.41) is 29.5. The average molecular weight is 711 g/mol. The number of ether oxygens (including phenoxy) is 4. The van der Waals surface area contributed by atoms with Crippen LogP contribution >= 0.6 is 0 Å². The summed E-state index contributed by atoms with van der Waals surface area (Å²) in [5.74, 6) is 2.25. The first-order valence-corrected chi connectivity index (χ1v) is 15.6. The van der Waals surface area contributed by atoms with Crippen LogP contribution in [0.1, 0.15) is 22.3 Å². The van der Waals surface area contributed by atoms with Crippen LogP contribution in [0.15, 0.2) is 24.3 Å². The Morgan fingerprint density at radius 1 is 0.640 bits per heavy atom. The summed E-state index contributed by atoms with van der Waals surface area (Å²) in [4.78, 5) is 27.0. The number of hydrogen-bond donors (Lipinski definition) is 6. The maximum Gasteiger partial charge on any atom is 0.343 e. The minimum atomic E-state index is -1.75. The van der Waals surface area contributed by atoms with E-state index in [2.05, 4.69) is 19.8 Å². The Morgan fingerprint density at radius 2 is 0.900 bits per heavy atom. The first kappa shape index (κ1) is 42.8. The quantitative estimate of drug-likeness (QED) is 0.0643. The molecule has 2 fully saturated rings. The Hall–Kier alpha value is -5.18. The lowest BCUT2D eigenvalue weighted by atomic mass is 10.1. The molecular weight excluding hydrogens is 660 g/mol. The molecule has 10 N–H and O–H groups in total. The molecule has 0 aliphatic carbocycles. The zero-order chi connectivity index (χ0) is 37.6. The van der Waals surface area contributed by atoms with Crippen LogP contribution in [0.25, 0.3) is 0 Å². The van der Waals surface area contributed by atoms with E-state index in [0.717, 1.165) is 111 Å². The van der Waals surface area contributed by atoms with Crippen LogP contribution in [0.4, 0.5) is 11.4 Å². The third-order valence-corrected chi connectivity index (χ3v) is 7.01. The number of aryl methyl sites for hydroxylation is 4. The molecule has 280 valence electrons. The van der Waals surface area contributed by atoms with Crippen LogP contribution in [-0.4, -0.2) is 111 Å². The molecule has 0 bridgehead atoms. The van der Waals surface area contributed by atoms with Crippen LogP contribution < -0.4 is 42.4 Å². The van der Waals surface area contributed by atoms with Gasteiger partial charge in [0.15, 0.2) is 0 Å². The molecule has 0 spiro atoms. The molecule has 2 heterocycles. The van der Waals surface area contributed by atoms with E-state index in [1.807, 2.05) is 52.0 Å². The summed E-state index contributed by atoms with van der Waals surface area (Å²) in [6.07, 6.45) is 0. The SMILES string of the molecule is Cc1cc([NH+]=C(N)N)cc(C)c1OCCN1CCOCC1.Cc1cc([NH+]=C(N)N)cc(C)c1OCCN1CCOCC1.O=[N+]([O-])[O-].O=[N+]([O-])[O-]. The molecule has 4 rings (SSSR count). The molecule has 50 heavy (non-hydrogen) atoms. The first-order chi connectivity index (χ1) is 23.6. The number of hydrogen-bond acceptors (Lipinski definition) is 12. The van der Waals surface area contributed by atoms with Crippen LogP contribution in [-0.2, 0) is 9.47 Å². The highest BCUT2D eigenvalue weighted by molar-refractivity contribution is 5.71. The molecule has 0 amide bonds. The smallest absolute Gasteiger partial charge is 0.343 e. The maximum absolute atomic E-state index is 8.25. The van der Waals surface area contributed by atoms with Gasteiger partial charge < -0.3 is 49.6 Å². The molecule has 0 atom stereocenters. The lowest BCUT2D eigenvalue weighted by Gasteiger charge is -2.26. The Labute approximate surface area is 290 Å². The maximum atomic E-state index is 8.25. The van der Waals surface area contributed by atoms with E-state index in [1.54, 1.807) is 0 Å². The fourth-order valence-electron chi connectivity index (χ4n) is 5.04. The molecule has 20 nitrogen and oxygen atoms in total. The predicted molar refractivity (Wildman–Crippen MR) is 186 cm³/mol. The van der Waals surface area contributed by atoms with Crippen molar-refractivity contribution in [1.82, 2.24) is 9.80 Å². The topological polar surface area (TPSA) is 308 Å². The van der Waals surface area contributed by atoms with Gasteiger partial charge in [-0.15, -0.1) is 0 Å². The predicted octanol–water partition coefficient (Wildman–Crippen LogP) is -2.48. The third-order valence-electron chi connectivity index (χ3n) is 7.01. The molecule has 0 aromatic heterocycles. The van der Waals surface area contributed by atoms with Gasteiger partial charge in [-0.2, -0.15) is 0 Å². The number of guanidine groups is 2. The molecule has 20 heteroatoms. The highest BCUT2D eigenvalue weighted by Crippen LogP contribution is 2.26. The Morgan fingerprint density at radius 3 is 1.14 bits per heavy atom. The second-order valence-electron chi connectivity index (χ2n) is 11.1. The summed E-state index contributed by atoms with van der Waals surface area (Å²) in [7, 11) is 0. The van der Waals surface area contributed by atoms with Gasteiger partial charge in [0, 0.05) is 39.3 Å². The molecule has 2 aromatic rings. The highest BCUT2D eigenvalue weighted by atomic mass is 16.9. The molecule has 2 aliphatic rings. The average Bonchev–Trinajstić information content (AvgIpc) is 3.00. The Balaban J connectivity index is 0.000000412. The van der Waals surface area contributed by atoms with Crippen molar-refractivity contribution in [3.63, 3.8) is 0 Å². The van der Waals surface area contributed by atoms with Crippen molar-refractivity contribution in [3.8, 4) is 11.5 Å². The van der Waals surface area contributed by atoms with E-state index in [-0.39, 0.29) is 11.9 Å². The van der Waals surface area contributed by atoms with Crippen LogP contribution in [0, 0.1) is 58.3 Å². The fraction of sp³-hybridized carbons (Fsp3) is 0.533. The van der Waals surface area contributed by atoms with E-state index in [9.17, 15) is 0 Å². The van der Waals surface area contributed by atoms with Gasteiger partial charge in [-0.05, 0) is 74.2 Å². The number of morpholine rings is 2. The number of nitrogens with one attached hydrogen (secondary N) is 2. The largest absolute Gasteiger partial charge is 0.492 e. The van der Waals surface area contributed by atoms with Gasteiger partial charge in [0.1, 0.15) is 24.7 Å². The van der Waals surface area contributed by atoms with Crippen molar-refractivity contribution in [2.75, 3.05) is 78.9 Å². The van der Waals surface area contributed by atoms with E-state index in [1.165, 1.54) is 0 Å². The Kier molecular flexibility index (Phi) is 19.9. The standard InChI is InChI=1S/2C15H24N4O2.2NO3/c2*1-11-9-13(18-15(16)17)10-12(2)14(11)21-8-5-19-3-6-20-7-4-19;2*2-1(3)4/h2*9-10H,3-8H2,1-2H3,(H4,16,17,18);;/q;;2*-1/p+2. The van der Waals surface area contributed by atoms with Crippen molar-refractivity contribution in [2.45, 2.75) is 27.7 Å². The zero-order valence-corrected chi connectivity index (χ0v) is 29.0. The number of rotatable bonds is 10. The van der Waals surface area contributed by atoms with E-state index < -0.39 is 10.2 Å². The molecule has 0 unspecified atom stereocenters. The molecular formula is C30H50N10O10. The van der Waals surface area contributed by atoms with Gasteiger partial charge in [-0.1, -0.05) is 0 Å². The zero-order valence-electron chi connectivity index (χ0n) is 29.0. The highest BCUT2D eigenvalue weighted by Gasteiger charge is 2.13. The lowest BCUT2D eigenvalue weighted by Crippen LogP contribution is -2.72. The summed E-state index contributed by atoms with van der Waals surface area (Å²) in [6.45, 7) is 18.5. The second kappa shape index (κ2) is 23.2. The molecule has 0 saturated carbocycles. The van der Waals surface area contributed by atoms with Gasteiger partial charge >= 0.3 is 11.9 Å². The van der Waals surface area contributed by atoms with E-state index in [0.29, 0.717) is 13.2 Å². The first-order valence-electron chi connectivity index (χ1n) is 15.6. The number of nitrogens with zero attached hydrogens (tertiary/aromatic N) is 4. The van der Waals surface area contributed by atoms with Gasteiger partial charge in [-0.25, -0.2) is 9.98 Å². The minimum absolute atomic E-state index is 0.190. The fourth-order valence-corrected chi connectivity index (χ4v) is 5.04. The monoisotopic (exact) mass is 710 g/mol. The molecule has 2 aliphatic heterocycles. The Bertz CT molecular complexity index is 1250. The number of benzene rings is 2. The van der Waals surface area contributed by atoms with E-state index >= 15 is 0 Å². The van der Waals surface area contributed by atoms with Crippen molar-refractivity contribution in [1.29, 1.82) is 0 Å². The normalized spacial score (nSPS) is 14.2. The number of nitrogens with two attached hydrogens (primary N) is 4. The van der Waals surface area contributed by atoms with Crippen molar-refractivity contribution >= 4 is 23.3 Å². The summed E-state index contributed by atoms with van der Waals surface area (Å²) in [6, 6.07) is 7.93. The summed E-state index contributed by atoms with van der Waals surface area (Å²) >= 11 is 0. The van der Waals surface area contributed by atoms with Crippen molar-refractivity contribution in [2.24, 2.45) is 22.9 Å². The molecule has 2 saturated heterocycles. The second-order valence-corrected chi connectivity index (χ2v) is 11.1. The third kappa shape index (κ3) is 19.0. The summed E-state index contributed by atoms with van der Waals surface area (Å²) < 4.78 is 22.6. The van der Waals surface area contributed by atoms with Gasteiger partial charge in [0.2, 0.25) is 0 Å². The molecule has 0 radical (unpaired) electrons. The minimum Gasteiger partial charge on any atom is -0.492 e. The van der Waals surface area contributed by atoms with Crippen LogP contribution in [0.5, 0.6) is 11.5 Å². The molecule has 2 aromatic carbocycles. The van der Waals surface area contributed by atoms with Crippen molar-refractivity contribution < 1.29 is 39.1 Å². The van der Waals surface area contributed by atoms with Crippen LogP contribution in [0.3, 0.4) is 0 Å². The van der Waals surface area contributed by atoms with Gasteiger partial charge in [0.25, 0.3) is 0 Å². The van der Waals surface area contributed by atoms with Gasteiger partial charge in [-0.3, -0.25) is 32.7 Å². The summed E-state index contributed by atoms with van der Waals surface area (Å²) in [5.41, 5.74) is 27.9.